The molecular formula is C15H26N2O2S. The smallest absolute Gasteiger partial charge is 0.125 e. The highest BCUT2D eigenvalue weighted by Crippen LogP contribution is 2.38. The van der Waals surface area contributed by atoms with E-state index in [2.05, 4.69) is 19.2 Å². The van der Waals surface area contributed by atoms with E-state index in [1.165, 1.54) is 10.6 Å². The minimum atomic E-state index is -0.226. The Balaban J connectivity index is 2.18. The normalized spacial score (nSPS) is 18.4. The third-order valence-corrected chi connectivity index (χ3v) is 5.19. The molecule has 2 rings (SSSR count). The van der Waals surface area contributed by atoms with Crippen molar-refractivity contribution >= 4 is 11.3 Å². The van der Waals surface area contributed by atoms with Crippen LogP contribution in [-0.2, 0) is 28.0 Å². The molecule has 1 aliphatic rings. The van der Waals surface area contributed by atoms with Crippen LogP contribution in [0.3, 0.4) is 0 Å². The number of hydrogen-bond donors (Lipinski definition) is 1. The number of rotatable bonds is 7. The molecule has 1 N–H and O–H groups in total. The fourth-order valence-electron chi connectivity index (χ4n) is 2.58. The van der Waals surface area contributed by atoms with Gasteiger partial charge in [-0.05, 0) is 19.4 Å². The minimum absolute atomic E-state index is 0.226. The van der Waals surface area contributed by atoms with Crippen LogP contribution in [0.2, 0.25) is 0 Å². The van der Waals surface area contributed by atoms with Crippen LogP contribution in [0.25, 0.3) is 0 Å². The molecule has 4 nitrogen and oxygen atoms in total. The number of methoxy groups -OCH3 is 1. The van der Waals surface area contributed by atoms with Crippen molar-refractivity contribution < 1.29 is 9.47 Å². The molecule has 0 atom stereocenters. The second-order valence-electron chi connectivity index (χ2n) is 5.23. The molecule has 2 heterocycles. The number of hydrogen-bond acceptors (Lipinski definition) is 5. The van der Waals surface area contributed by atoms with E-state index in [0.29, 0.717) is 0 Å². The Bertz CT molecular complexity index is 414. The first-order chi connectivity index (χ1) is 9.75. The second kappa shape index (κ2) is 7.50. The van der Waals surface area contributed by atoms with Gasteiger partial charge in [-0.1, -0.05) is 13.8 Å². The summed E-state index contributed by atoms with van der Waals surface area (Å²) in [4.78, 5) is 6.23. The molecule has 0 unspecified atom stereocenters. The summed E-state index contributed by atoms with van der Waals surface area (Å²) >= 11 is 1.81. The molecule has 0 bridgehead atoms. The first-order valence-corrected chi connectivity index (χ1v) is 8.40. The van der Waals surface area contributed by atoms with E-state index in [4.69, 9.17) is 14.5 Å². The Hall–Kier alpha value is -0.490. The van der Waals surface area contributed by atoms with Gasteiger partial charge in [0.15, 0.2) is 0 Å². The highest BCUT2D eigenvalue weighted by Gasteiger charge is 2.38. The Morgan fingerprint density at radius 2 is 2.10 bits per heavy atom. The van der Waals surface area contributed by atoms with E-state index in [1.807, 2.05) is 11.3 Å². The van der Waals surface area contributed by atoms with Crippen LogP contribution in [0.4, 0.5) is 0 Å². The highest BCUT2D eigenvalue weighted by molar-refractivity contribution is 7.11. The zero-order valence-corrected chi connectivity index (χ0v) is 13.6. The van der Waals surface area contributed by atoms with Crippen molar-refractivity contribution in [2.45, 2.75) is 51.7 Å². The number of nitrogens with one attached hydrogen (secondary N) is 1. The fraction of sp³-hybridized carbons (Fsp3) is 0.800. The van der Waals surface area contributed by atoms with E-state index >= 15 is 0 Å². The standard InChI is InChI=1S/C15H26N2O2S/c1-4-8-16-11-13-12(5-2)17-14(20-13)15(18-3)6-9-19-10-7-15/h16H,4-11H2,1-3H3. The maximum atomic E-state index is 5.85. The minimum Gasteiger partial charge on any atom is -0.381 e. The largest absolute Gasteiger partial charge is 0.381 e. The van der Waals surface area contributed by atoms with Gasteiger partial charge in [-0.25, -0.2) is 4.98 Å². The molecule has 1 aromatic heterocycles. The predicted molar refractivity (Wildman–Crippen MR) is 82.2 cm³/mol. The van der Waals surface area contributed by atoms with E-state index in [0.717, 1.165) is 57.0 Å². The molecule has 20 heavy (non-hydrogen) atoms. The number of nitrogens with zero attached hydrogens (tertiary/aromatic N) is 1. The Kier molecular flexibility index (Phi) is 5.96. The zero-order chi connectivity index (χ0) is 14.4. The lowest BCUT2D eigenvalue weighted by Gasteiger charge is -2.33. The van der Waals surface area contributed by atoms with Gasteiger partial charge < -0.3 is 14.8 Å². The molecule has 1 saturated heterocycles. The molecule has 0 radical (unpaired) electrons. The number of thiazole rings is 1. The summed E-state index contributed by atoms with van der Waals surface area (Å²) in [5, 5.41) is 4.61. The Morgan fingerprint density at radius 1 is 1.35 bits per heavy atom. The van der Waals surface area contributed by atoms with Crippen LogP contribution in [-0.4, -0.2) is 31.9 Å². The lowest BCUT2D eigenvalue weighted by molar-refractivity contribution is -0.0948. The van der Waals surface area contributed by atoms with Gasteiger partial charge in [0.2, 0.25) is 0 Å². The third-order valence-electron chi connectivity index (χ3n) is 3.91. The summed E-state index contributed by atoms with van der Waals surface area (Å²) in [6, 6.07) is 0. The van der Waals surface area contributed by atoms with Crippen molar-refractivity contribution in [2.75, 3.05) is 26.9 Å². The molecule has 1 aromatic rings. The van der Waals surface area contributed by atoms with E-state index in [1.54, 1.807) is 7.11 Å². The van der Waals surface area contributed by atoms with Gasteiger partial charge in [0.25, 0.3) is 0 Å². The number of ether oxygens (including phenoxy) is 2. The summed E-state index contributed by atoms with van der Waals surface area (Å²) in [5.41, 5.74) is 0.993. The van der Waals surface area contributed by atoms with Crippen molar-refractivity contribution in [3.05, 3.63) is 15.6 Å². The maximum absolute atomic E-state index is 5.85. The number of aromatic nitrogens is 1. The van der Waals surface area contributed by atoms with Gasteiger partial charge >= 0.3 is 0 Å². The molecule has 0 spiro atoms. The van der Waals surface area contributed by atoms with Crippen molar-refractivity contribution in [3.63, 3.8) is 0 Å². The van der Waals surface area contributed by atoms with Gasteiger partial charge in [-0.15, -0.1) is 11.3 Å². The lowest BCUT2D eigenvalue weighted by Crippen LogP contribution is -2.35. The van der Waals surface area contributed by atoms with Crippen LogP contribution in [0.5, 0.6) is 0 Å². The molecule has 0 saturated carbocycles. The van der Waals surface area contributed by atoms with E-state index in [9.17, 15) is 0 Å². The van der Waals surface area contributed by atoms with Crippen LogP contribution in [0, 0.1) is 0 Å². The maximum Gasteiger partial charge on any atom is 0.125 e. The summed E-state index contributed by atoms with van der Waals surface area (Å²) < 4.78 is 11.3. The van der Waals surface area contributed by atoms with Crippen LogP contribution in [0.15, 0.2) is 0 Å². The van der Waals surface area contributed by atoms with Gasteiger partial charge in [0.05, 0.1) is 5.69 Å². The third kappa shape index (κ3) is 3.39. The second-order valence-corrected chi connectivity index (χ2v) is 6.31. The van der Waals surface area contributed by atoms with Crippen molar-refractivity contribution in [2.24, 2.45) is 0 Å². The quantitative estimate of drug-likeness (QED) is 0.786. The Morgan fingerprint density at radius 3 is 2.70 bits per heavy atom. The van der Waals surface area contributed by atoms with Gasteiger partial charge in [0.1, 0.15) is 10.6 Å². The van der Waals surface area contributed by atoms with Crippen molar-refractivity contribution in [3.8, 4) is 0 Å². The highest BCUT2D eigenvalue weighted by atomic mass is 32.1. The summed E-state index contributed by atoms with van der Waals surface area (Å²) in [7, 11) is 1.80. The molecule has 1 fully saturated rings. The summed E-state index contributed by atoms with van der Waals surface area (Å²) in [6.07, 6.45) is 3.95. The number of aryl methyl sites for hydroxylation is 1. The van der Waals surface area contributed by atoms with E-state index < -0.39 is 0 Å². The zero-order valence-electron chi connectivity index (χ0n) is 12.8. The average Bonchev–Trinajstić information content (AvgIpc) is 2.92. The fourth-order valence-corrected chi connectivity index (χ4v) is 3.92. The summed E-state index contributed by atoms with van der Waals surface area (Å²) in [6.45, 7) is 7.86. The monoisotopic (exact) mass is 298 g/mol. The molecule has 114 valence electrons. The molecule has 5 heteroatoms. The van der Waals surface area contributed by atoms with Crippen molar-refractivity contribution in [1.82, 2.24) is 10.3 Å². The van der Waals surface area contributed by atoms with Crippen molar-refractivity contribution in [1.29, 1.82) is 0 Å². The van der Waals surface area contributed by atoms with Gasteiger partial charge in [0, 0.05) is 44.6 Å². The molecule has 0 aliphatic carbocycles. The van der Waals surface area contributed by atoms with Crippen LogP contribution in [0.1, 0.15) is 48.7 Å². The SMILES string of the molecule is CCCNCc1sc(C2(OC)CCOCC2)nc1CC. The molecule has 0 aromatic carbocycles. The van der Waals surface area contributed by atoms with E-state index in [-0.39, 0.29) is 5.60 Å². The van der Waals surface area contributed by atoms with Gasteiger partial charge in [-0.3, -0.25) is 0 Å². The first-order valence-electron chi connectivity index (χ1n) is 7.58. The first kappa shape index (κ1) is 15.9. The van der Waals surface area contributed by atoms with Crippen LogP contribution >= 0.6 is 11.3 Å². The topological polar surface area (TPSA) is 43.4 Å². The van der Waals surface area contributed by atoms with Crippen LogP contribution < -0.4 is 5.32 Å². The summed E-state index contributed by atoms with van der Waals surface area (Å²) in [5.74, 6) is 0. The molecular weight excluding hydrogens is 272 g/mol. The average molecular weight is 298 g/mol. The lowest BCUT2D eigenvalue weighted by atomic mass is 9.95. The molecule has 0 amide bonds. The predicted octanol–water partition coefficient (Wildman–Crippen LogP) is 2.86. The Labute approximate surface area is 125 Å². The van der Waals surface area contributed by atoms with Gasteiger partial charge in [-0.2, -0.15) is 0 Å². The molecule has 1 aliphatic heterocycles.